The number of anilines is 1. The second-order valence-electron chi connectivity index (χ2n) is 5.21. The molecule has 25 heavy (non-hydrogen) atoms. The van der Waals surface area contributed by atoms with E-state index in [4.69, 9.17) is 4.74 Å². The summed E-state index contributed by atoms with van der Waals surface area (Å²) in [6, 6.07) is 14.0. The Hall–Kier alpha value is -1.65. The SMILES string of the molecule is CCOc1ccc(CS(=O)(=O)NCC(=O)Nc2ccc(I)cc2)cc1. The summed E-state index contributed by atoms with van der Waals surface area (Å²) >= 11 is 2.16. The van der Waals surface area contributed by atoms with E-state index in [0.717, 1.165) is 3.57 Å². The number of hydrogen-bond acceptors (Lipinski definition) is 4. The third-order valence-corrected chi connectivity index (χ3v) is 5.19. The van der Waals surface area contributed by atoms with Crippen molar-refractivity contribution in [3.05, 3.63) is 57.7 Å². The number of halogens is 1. The molecule has 2 rings (SSSR count). The smallest absolute Gasteiger partial charge is 0.239 e. The van der Waals surface area contributed by atoms with Crippen molar-refractivity contribution in [2.75, 3.05) is 18.5 Å². The summed E-state index contributed by atoms with van der Waals surface area (Å²) < 4.78 is 32.8. The summed E-state index contributed by atoms with van der Waals surface area (Å²) in [7, 11) is -3.61. The van der Waals surface area contributed by atoms with E-state index in [1.165, 1.54) is 0 Å². The molecular weight excluding hydrogens is 455 g/mol. The van der Waals surface area contributed by atoms with Crippen molar-refractivity contribution >= 4 is 44.2 Å². The lowest BCUT2D eigenvalue weighted by Gasteiger charge is -2.09. The fourth-order valence-corrected chi connectivity index (χ4v) is 3.48. The van der Waals surface area contributed by atoms with Crippen LogP contribution in [0.15, 0.2) is 48.5 Å². The third kappa shape index (κ3) is 7.00. The molecular formula is C17H19IN2O4S. The van der Waals surface area contributed by atoms with E-state index in [9.17, 15) is 13.2 Å². The van der Waals surface area contributed by atoms with Gasteiger partial charge in [0.2, 0.25) is 15.9 Å². The number of rotatable bonds is 8. The third-order valence-electron chi connectivity index (χ3n) is 3.17. The average Bonchev–Trinajstić information content (AvgIpc) is 2.57. The molecule has 134 valence electrons. The maximum Gasteiger partial charge on any atom is 0.239 e. The highest BCUT2D eigenvalue weighted by molar-refractivity contribution is 14.1. The van der Waals surface area contributed by atoms with E-state index >= 15 is 0 Å². The number of carbonyl (C=O) groups is 1. The van der Waals surface area contributed by atoms with Crippen LogP contribution in [0.3, 0.4) is 0 Å². The number of benzene rings is 2. The molecule has 0 spiro atoms. The van der Waals surface area contributed by atoms with Crippen LogP contribution in [-0.4, -0.2) is 27.5 Å². The second kappa shape index (κ2) is 9.16. The minimum absolute atomic E-state index is 0.198. The van der Waals surface area contributed by atoms with Crippen LogP contribution in [0, 0.1) is 3.57 Å². The Bertz CT molecular complexity index is 806. The number of carbonyl (C=O) groups excluding carboxylic acids is 1. The zero-order valence-electron chi connectivity index (χ0n) is 13.7. The zero-order chi connectivity index (χ0) is 18.3. The number of hydrogen-bond donors (Lipinski definition) is 2. The van der Waals surface area contributed by atoms with Gasteiger partial charge in [-0.3, -0.25) is 4.79 Å². The number of sulfonamides is 1. The van der Waals surface area contributed by atoms with E-state index in [2.05, 4.69) is 32.6 Å². The van der Waals surface area contributed by atoms with Crippen molar-refractivity contribution < 1.29 is 17.9 Å². The van der Waals surface area contributed by atoms with Gasteiger partial charge in [0.1, 0.15) is 5.75 Å². The molecule has 0 aliphatic carbocycles. The van der Waals surface area contributed by atoms with Crippen molar-refractivity contribution in [2.45, 2.75) is 12.7 Å². The van der Waals surface area contributed by atoms with Crippen molar-refractivity contribution in [1.82, 2.24) is 4.72 Å². The summed E-state index contributed by atoms with van der Waals surface area (Å²) in [6.45, 7) is 2.11. The Balaban J connectivity index is 1.85. The Morgan fingerprint density at radius 1 is 1.08 bits per heavy atom. The highest BCUT2D eigenvalue weighted by atomic mass is 127. The molecule has 0 atom stereocenters. The molecule has 0 heterocycles. The van der Waals surface area contributed by atoms with Gasteiger partial charge in [0.05, 0.1) is 18.9 Å². The van der Waals surface area contributed by atoms with Gasteiger partial charge in [-0.1, -0.05) is 12.1 Å². The van der Waals surface area contributed by atoms with Crippen molar-refractivity contribution in [1.29, 1.82) is 0 Å². The lowest BCUT2D eigenvalue weighted by atomic mass is 10.2. The van der Waals surface area contributed by atoms with Gasteiger partial charge in [0.25, 0.3) is 0 Å². The van der Waals surface area contributed by atoms with Gasteiger partial charge in [-0.05, 0) is 71.5 Å². The number of amides is 1. The van der Waals surface area contributed by atoms with Crippen LogP contribution >= 0.6 is 22.6 Å². The Morgan fingerprint density at radius 2 is 1.72 bits per heavy atom. The monoisotopic (exact) mass is 474 g/mol. The minimum Gasteiger partial charge on any atom is -0.494 e. The molecule has 0 aromatic heterocycles. The van der Waals surface area contributed by atoms with Crippen LogP contribution in [0.25, 0.3) is 0 Å². The predicted octanol–water partition coefficient (Wildman–Crippen LogP) is 2.75. The molecule has 0 bridgehead atoms. The number of ether oxygens (including phenoxy) is 1. The first-order valence-corrected chi connectivity index (χ1v) is 10.4. The van der Waals surface area contributed by atoms with Gasteiger partial charge in [0, 0.05) is 9.26 Å². The first-order chi connectivity index (χ1) is 11.9. The molecule has 6 nitrogen and oxygen atoms in total. The first kappa shape index (κ1) is 19.7. The Labute approximate surface area is 161 Å². The molecule has 0 radical (unpaired) electrons. The fourth-order valence-electron chi connectivity index (χ4n) is 2.03. The van der Waals surface area contributed by atoms with Crippen LogP contribution < -0.4 is 14.8 Å². The molecule has 1 amide bonds. The fraction of sp³-hybridized carbons (Fsp3) is 0.235. The summed E-state index contributed by atoms with van der Waals surface area (Å²) in [6.07, 6.45) is 0. The summed E-state index contributed by atoms with van der Waals surface area (Å²) in [5, 5.41) is 2.64. The van der Waals surface area contributed by atoms with E-state index in [1.54, 1.807) is 36.4 Å². The first-order valence-electron chi connectivity index (χ1n) is 7.62. The van der Waals surface area contributed by atoms with Crippen LogP contribution in [0.5, 0.6) is 5.75 Å². The molecule has 2 aromatic rings. The van der Waals surface area contributed by atoms with Gasteiger partial charge in [0.15, 0.2) is 0 Å². The summed E-state index contributed by atoms with van der Waals surface area (Å²) in [5.74, 6) is 0.0703. The highest BCUT2D eigenvalue weighted by Crippen LogP contribution is 2.14. The predicted molar refractivity (Wildman–Crippen MR) is 106 cm³/mol. The molecule has 2 aromatic carbocycles. The van der Waals surface area contributed by atoms with Crippen LogP contribution in [0.4, 0.5) is 5.69 Å². The van der Waals surface area contributed by atoms with Gasteiger partial charge in [-0.2, -0.15) is 0 Å². The van der Waals surface area contributed by atoms with Crippen molar-refractivity contribution in [3.8, 4) is 5.75 Å². The maximum absolute atomic E-state index is 12.1. The maximum atomic E-state index is 12.1. The zero-order valence-corrected chi connectivity index (χ0v) is 16.6. The largest absolute Gasteiger partial charge is 0.494 e. The van der Waals surface area contributed by atoms with Crippen LogP contribution in [0.2, 0.25) is 0 Å². The normalized spacial score (nSPS) is 11.1. The Kier molecular flexibility index (Phi) is 7.21. The summed E-state index contributed by atoms with van der Waals surface area (Å²) in [4.78, 5) is 11.9. The van der Waals surface area contributed by atoms with Crippen molar-refractivity contribution in [3.63, 3.8) is 0 Å². The van der Waals surface area contributed by atoms with Crippen LogP contribution in [-0.2, 0) is 20.6 Å². The van der Waals surface area contributed by atoms with E-state index in [-0.39, 0.29) is 12.3 Å². The average molecular weight is 474 g/mol. The molecule has 2 N–H and O–H groups in total. The molecule has 0 saturated heterocycles. The van der Waals surface area contributed by atoms with E-state index in [0.29, 0.717) is 23.6 Å². The van der Waals surface area contributed by atoms with Gasteiger partial charge >= 0.3 is 0 Å². The quantitative estimate of drug-likeness (QED) is 0.577. The van der Waals surface area contributed by atoms with Gasteiger partial charge in [-0.25, -0.2) is 13.1 Å². The number of nitrogens with one attached hydrogen (secondary N) is 2. The second-order valence-corrected chi connectivity index (χ2v) is 8.26. The molecule has 0 saturated carbocycles. The standard InChI is InChI=1S/C17H19IN2O4S/c1-2-24-16-9-3-13(4-10-16)12-25(22,23)19-11-17(21)20-15-7-5-14(18)6-8-15/h3-10,19H,2,11-12H2,1H3,(H,20,21). The lowest BCUT2D eigenvalue weighted by molar-refractivity contribution is -0.115. The molecule has 8 heteroatoms. The summed E-state index contributed by atoms with van der Waals surface area (Å²) in [5.41, 5.74) is 1.24. The molecule has 0 aliphatic rings. The van der Waals surface area contributed by atoms with E-state index < -0.39 is 15.9 Å². The van der Waals surface area contributed by atoms with Gasteiger partial charge < -0.3 is 10.1 Å². The Morgan fingerprint density at radius 3 is 2.32 bits per heavy atom. The minimum atomic E-state index is -3.61. The molecule has 0 aliphatic heterocycles. The van der Waals surface area contributed by atoms with Crippen molar-refractivity contribution in [2.24, 2.45) is 0 Å². The highest BCUT2D eigenvalue weighted by Gasteiger charge is 2.13. The van der Waals surface area contributed by atoms with Gasteiger partial charge in [-0.15, -0.1) is 0 Å². The van der Waals surface area contributed by atoms with E-state index in [1.807, 2.05) is 19.1 Å². The molecule has 0 unspecified atom stereocenters. The topological polar surface area (TPSA) is 84.5 Å². The lowest BCUT2D eigenvalue weighted by Crippen LogP contribution is -2.33. The van der Waals surface area contributed by atoms with Crippen LogP contribution in [0.1, 0.15) is 12.5 Å². The molecule has 0 fully saturated rings.